The van der Waals surface area contributed by atoms with Gasteiger partial charge in [-0.3, -0.25) is 4.79 Å². The van der Waals surface area contributed by atoms with Crippen LogP contribution in [-0.4, -0.2) is 66.7 Å². The summed E-state index contributed by atoms with van der Waals surface area (Å²) in [6, 6.07) is 0. The van der Waals surface area contributed by atoms with Gasteiger partial charge in [0.25, 0.3) is 10.2 Å². The maximum Gasteiger partial charge on any atom is 0.281 e. The monoisotopic (exact) mass is 417 g/mol. The minimum atomic E-state index is -3.39. The zero-order chi connectivity index (χ0) is 19.1. The quantitative estimate of drug-likeness (QED) is 0.617. The Balaban J connectivity index is 1.36. The molecule has 0 aromatic rings. The Morgan fingerprint density at radius 3 is 2.37 bits per heavy atom. The van der Waals surface area contributed by atoms with Crippen molar-refractivity contribution in [1.29, 1.82) is 0 Å². The van der Waals surface area contributed by atoms with Crippen LogP contribution in [0.15, 0.2) is 0 Å². The lowest BCUT2D eigenvalue weighted by atomic mass is 9.99. The molecule has 1 saturated carbocycles. The molecule has 1 amide bonds. The summed E-state index contributed by atoms with van der Waals surface area (Å²) in [5, 5.41) is 3.86. The van der Waals surface area contributed by atoms with Gasteiger partial charge in [-0.05, 0) is 50.7 Å². The molecule has 0 aromatic carbocycles. The first kappa shape index (κ1) is 21.4. The van der Waals surface area contributed by atoms with Gasteiger partial charge in [0.15, 0.2) is 0 Å². The van der Waals surface area contributed by atoms with E-state index in [1.807, 2.05) is 0 Å². The Morgan fingerprint density at radius 2 is 1.63 bits per heavy atom. The first-order valence-electron chi connectivity index (χ1n) is 10.7. The number of nitrogens with zero attached hydrogens (tertiary/aromatic N) is 2. The van der Waals surface area contributed by atoms with Crippen LogP contribution in [-0.2, 0) is 15.0 Å². The van der Waals surface area contributed by atoms with Gasteiger partial charge in [0.2, 0.25) is 5.91 Å². The van der Waals surface area contributed by atoms with E-state index in [-0.39, 0.29) is 11.8 Å². The molecule has 3 aliphatic rings. The highest BCUT2D eigenvalue weighted by Crippen LogP contribution is 2.28. The van der Waals surface area contributed by atoms with Crippen LogP contribution in [0.2, 0.25) is 0 Å². The highest BCUT2D eigenvalue weighted by Gasteiger charge is 2.36. The smallest absolute Gasteiger partial charge is 0.281 e. The van der Waals surface area contributed by atoms with Crippen molar-refractivity contribution < 1.29 is 13.2 Å². The average molecular weight is 418 g/mol. The molecule has 3 fully saturated rings. The number of carbonyl (C=O) groups excluding carboxylic acids is 1. The van der Waals surface area contributed by atoms with E-state index >= 15 is 0 Å². The molecule has 3 rings (SSSR count). The van der Waals surface area contributed by atoms with Crippen LogP contribution in [0, 0.1) is 5.92 Å². The van der Waals surface area contributed by atoms with Gasteiger partial charge >= 0.3 is 0 Å². The molecule has 27 heavy (non-hydrogen) atoms. The van der Waals surface area contributed by atoms with E-state index in [9.17, 15) is 13.2 Å². The Hall–Kier alpha value is -0.310. The maximum absolute atomic E-state index is 12.7. The van der Waals surface area contributed by atoms with Crippen LogP contribution < -0.4 is 5.32 Å². The second-order valence-corrected chi connectivity index (χ2v) is 11.4. The summed E-state index contributed by atoms with van der Waals surface area (Å²) in [7, 11) is -3.39. The molecule has 8 heteroatoms. The zero-order valence-electron chi connectivity index (χ0n) is 16.4. The standard InChI is InChI=1S/C19H35N3O3S2/c23-19(20-11-7-15-26-18-9-2-1-3-10-18)17-8-6-14-22(16-17)27(24,25)21-12-4-5-13-21/h17-18H,1-16H2,(H,20,23). The van der Waals surface area contributed by atoms with E-state index in [4.69, 9.17) is 0 Å². The molecule has 0 bridgehead atoms. The largest absolute Gasteiger partial charge is 0.356 e. The Kier molecular flexibility index (Phi) is 8.29. The van der Waals surface area contributed by atoms with Gasteiger partial charge in [0, 0.05) is 38.0 Å². The van der Waals surface area contributed by atoms with E-state index in [0.717, 1.165) is 43.1 Å². The molecule has 2 aliphatic heterocycles. The first-order valence-corrected chi connectivity index (χ1v) is 13.2. The summed E-state index contributed by atoms with van der Waals surface area (Å²) in [4.78, 5) is 12.5. The number of piperidine rings is 1. The van der Waals surface area contributed by atoms with Gasteiger partial charge in [-0.15, -0.1) is 0 Å². The predicted octanol–water partition coefficient (Wildman–Crippen LogP) is 2.61. The number of amides is 1. The summed E-state index contributed by atoms with van der Waals surface area (Å²) >= 11 is 2.06. The lowest BCUT2D eigenvalue weighted by Gasteiger charge is -2.33. The van der Waals surface area contributed by atoms with E-state index in [0.29, 0.717) is 32.7 Å². The fourth-order valence-electron chi connectivity index (χ4n) is 4.36. The molecule has 0 radical (unpaired) electrons. The van der Waals surface area contributed by atoms with Crippen molar-refractivity contribution in [3.63, 3.8) is 0 Å². The molecular formula is C19H35N3O3S2. The molecule has 2 saturated heterocycles. The third-order valence-corrected chi connectivity index (χ3v) is 9.47. The zero-order valence-corrected chi connectivity index (χ0v) is 18.0. The molecule has 1 unspecified atom stereocenters. The van der Waals surface area contributed by atoms with Crippen molar-refractivity contribution in [2.24, 2.45) is 5.92 Å². The molecule has 2 heterocycles. The van der Waals surface area contributed by atoms with Crippen LogP contribution in [0.1, 0.15) is 64.2 Å². The third kappa shape index (κ3) is 6.08. The van der Waals surface area contributed by atoms with Gasteiger partial charge in [-0.25, -0.2) is 0 Å². The van der Waals surface area contributed by atoms with Crippen molar-refractivity contribution in [2.45, 2.75) is 69.5 Å². The first-order chi connectivity index (χ1) is 13.1. The summed E-state index contributed by atoms with van der Waals surface area (Å²) in [6.07, 6.45) is 11.2. The molecule has 156 valence electrons. The maximum atomic E-state index is 12.7. The van der Waals surface area contributed by atoms with E-state index in [2.05, 4.69) is 17.1 Å². The van der Waals surface area contributed by atoms with E-state index < -0.39 is 10.2 Å². The van der Waals surface area contributed by atoms with Crippen molar-refractivity contribution in [3.8, 4) is 0 Å². The van der Waals surface area contributed by atoms with Crippen LogP contribution in [0.4, 0.5) is 0 Å². The van der Waals surface area contributed by atoms with Crippen LogP contribution in [0.5, 0.6) is 0 Å². The number of nitrogens with one attached hydrogen (secondary N) is 1. The lowest BCUT2D eigenvalue weighted by molar-refractivity contribution is -0.126. The fraction of sp³-hybridized carbons (Fsp3) is 0.947. The van der Waals surface area contributed by atoms with Gasteiger partial charge in [-0.1, -0.05) is 19.3 Å². The molecule has 0 spiro atoms. The molecule has 1 aliphatic carbocycles. The fourth-order valence-corrected chi connectivity index (χ4v) is 7.44. The van der Waals surface area contributed by atoms with Gasteiger partial charge in [-0.2, -0.15) is 28.8 Å². The molecule has 1 N–H and O–H groups in total. The summed E-state index contributed by atoms with van der Waals surface area (Å²) < 4.78 is 28.6. The number of hydrogen-bond donors (Lipinski definition) is 1. The van der Waals surface area contributed by atoms with Crippen LogP contribution in [0.3, 0.4) is 0 Å². The topological polar surface area (TPSA) is 69.7 Å². The SMILES string of the molecule is O=C(NCCCSC1CCCCC1)C1CCCN(S(=O)(=O)N2CCCC2)C1. The van der Waals surface area contributed by atoms with Crippen molar-refractivity contribution in [3.05, 3.63) is 0 Å². The summed E-state index contributed by atoms with van der Waals surface area (Å²) in [5.41, 5.74) is 0. The average Bonchev–Trinajstić information content (AvgIpc) is 3.24. The van der Waals surface area contributed by atoms with Gasteiger partial charge in [0.1, 0.15) is 0 Å². The highest BCUT2D eigenvalue weighted by atomic mass is 32.2. The third-order valence-electron chi connectivity index (χ3n) is 6.00. The van der Waals surface area contributed by atoms with E-state index in [1.54, 1.807) is 4.31 Å². The second-order valence-electron chi connectivity index (χ2n) is 8.09. The lowest BCUT2D eigenvalue weighted by Crippen LogP contribution is -2.50. The number of carbonyl (C=O) groups is 1. The van der Waals surface area contributed by atoms with Crippen LogP contribution >= 0.6 is 11.8 Å². The molecule has 0 aromatic heterocycles. The van der Waals surface area contributed by atoms with Crippen molar-refractivity contribution in [1.82, 2.24) is 13.9 Å². The number of hydrogen-bond acceptors (Lipinski definition) is 4. The number of rotatable bonds is 8. The van der Waals surface area contributed by atoms with Crippen molar-refractivity contribution in [2.75, 3.05) is 38.5 Å². The Labute approximate surface area is 169 Å². The number of thioether (sulfide) groups is 1. The minimum Gasteiger partial charge on any atom is -0.356 e. The Bertz CT molecular complexity index is 573. The molecular weight excluding hydrogens is 382 g/mol. The molecule has 1 atom stereocenters. The minimum absolute atomic E-state index is 0.0268. The van der Waals surface area contributed by atoms with Crippen LogP contribution in [0.25, 0.3) is 0 Å². The second kappa shape index (κ2) is 10.5. The highest BCUT2D eigenvalue weighted by molar-refractivity contribution is 7.99. The normalized spacial score (nSPS) is 26.3. The predicted molar refractivity (Wildman–Crippen MR) is 111 cm³/mol. The summed E-state index contributed by atoms with van der Waals surface area (Å²) in [5.74, 6) is 0.923. The van der Waals surface area contributed by atoms with Gasteiger partial charge < -0.3 is 5.32 Å². The van der Waals surface area contributed by atoms with Crippen molar-refractivity contribution >= 4 is 27.9 Å². The Morgan fingerprint density at radius 1 is 0.926 bits per heavy atom. The van der Waals surface area contributed by atoms with Gasteiger partial charge in [0.05, 0.1) is 5.92 Å². The van der Waals surface area contributed by atoms with E-state index in [1.165, 1.54) is 36.4 Å². The molecule has 6 nitrogen and oxygen atoms in total. The summed E-state index contributed by atoms with van der Waals surface area (Å²) in [6.45, 7) is 2.82.